The number of ether oxygens (including phenoxy) is 2. The zero-order valence-corrected chi connectivity index (χ0v) is 25.6. The number of hydrogen-bond acceptors (Lipinski definition) is 6. The zero-order valence-electron chi connectivity index (χ0n) is 24.1. The van der Waals surface area contributed by atoms with Gasteiger partial charge in [0.25, 0.3) is 5.91 Å². The maximum absolute atomic E-state index is 14.2. The molecule has 0 saturated carbocycles. The van der Waals surface area contributed by atoms with Crippen LogP contribution in [0.15, 0.2) is 113 Å². The highest BCUT2D eigenvalue weighted by Gasteiger charge is 2.53. The van der Waals surface area contributed by atoms with E-state index in [2.05, 4.69) is 26.8 Å². The van der Waals surface area contributed by atoms with Crippen LogP contribution in [-0.4, -0.2) is 35.7 Å². The van der Waals surface area contributed by atoms with Crippen LogP contribution in [0.3, 0.4) is 0 Å². The largest absolute Gasteiger partial charge is 0.494 e. The topological polar surface area (TPSA) is 92.2 Å². The summed E-state index contributed by atoms with van der Waals surface area (Å²) in [4.78, 5) is 19.2. The minimum Gasteiger partial charge on any atom is -0.494 e. The molecule has 0 aliphatic carbocycles. The lowest BCUT2D eigenvalue weighted by Crippen LogP contribution is -2.53. The second-order valence-corrected chi connectivity index (χ2v) is 11.4. The molecule has 11 heteroatoms. The molecule has 5 rings (SSSR count). The number of nitrogens with zero attached hydrogens (tertiary/aromatic N) is 1. The van der Waals surface area contributed by atoms with Crippen molar-refractivity contribution in [2.45, 2.75) is 37.2 Å². The van der Waals surface area contributed by atoms with Crippen molar-refractivity contribution in [3.63, 3.8) is 0 Å². The average Bonchev–Trinajstić information content (AvgIpc) is 3.42. The van der Waals surface area contributed by atoms with Crippen LogP contribution in [-0.2, 0) is 28.7 Å². The van der Waals surface area contributed by atoms with E-state index < -0.39 is 29.3 Å². The van der Waals surface area contributed by atoms with Crippen LogP contribution >= 0.6 is 15.9 Å². The van der Waals surface area contributed by atoms with Gasteiger partial charge in [-0.25, -0.2) is 10.4 Å². The fraction of sp³-hybridized carbons (Fsp3) is 0.235. The summed E-state index contributed by atoms with van der Waals surface area (Å²) >= 11 is 3.47. The number of hydrazine groups is 1. The third kappa shape index (κ3) is 7.91. The molecular formula is C34H31BrF3N3O4. The van der Waals surface area contributed by atoms with Crippen LogP contribution in [0.25, 0.3) is 0 Å². The Balaban J connectivity index is 1.46. The lowest BCUT2D eigenvalue weighted by Gasteiger charge is -2.31. The van der Waals surface area contributed by atoms with E-state index in [0.717, 1.165) is 27.7 Å². The van der Waals surface area contributed by atoms with Crippen molar-refractivity contribution in [2.24, 2.45) is 4.99 Å². The van der Waals surface area contributed by atoms with Crippen molar-refractivity contribution in [2.75, 3.05) is 13.2 Å². The van der Waals surface area contributed by atoms with Crippen LogP contribution < -0.4 is 15.6 Å². The molecule has 1 heterocycles. The molecule has 4 aromatic carbocycles. The molecule has 0 fully saturated rings. The Morgan fingerprint density at radius 1 is 0.933 bits per heavy atom. The highest BCUT2D eigenvalue weighted by Crippen LogP contribution is 2.42. The van der Waals surface area contributed by atoms with Gasteiger partial charge < -0.3 is 14.6 Å². The van der Waals surface area contributed by atoms with Gasteiger partial charge >= 0.3 is 6.18 Å². The fourth-order valence-electron chi connectivity index (χ4n) is 4.97. The molecule has 45 heavy (non-hydrogen) atoms. The van der Waals surface area contributed by atoms with E-state index in [1.54, 1.807) is 24.3 Å². The molecular weight excluding hydrogens is 651 g/mol. The second kappa shape index (κ2) is 14.3. The summed E-state index contributed by atoms with van der Waals surface area (Å²) in [6, 6.07) is 28.8. The van der Waals surface area contributed by atoms with E-state index in [0.29, 0.717) is 29.9 Å². The molecule has 1 aliphatic heterocycles. The van der Waals surface area contributed by atoms with Crippen LogP contribution in [0, 0.1) is 0 Å². The molecule has 1 aliphatic rings. The first-order valence-electron chi connectivity index (χ1n) is 14.3. The van der Waals surface area contributed by atoms with Crippen LogP contribution in [0.2, 0.25) is 0 Å². The highest BCUT2D eigenvalue weighted by molar-refractivity contribution is 9.10. The van der Waals surface area contributed by atoms with Crippen LogP contribution in [0.1, 0.15) is 40.3 Å². The molecule has 234 valence electrons. The summed E-state index contributed by atoms with van der Waals surface area (Å²) in [5.74, 6) is 0.430. The van der Waals surface area contributed by atoms with Gasteiger partial charge in [-0.2, -0.15) is 13.2 Å². The maximum atomic E-state index is 14.2. The smallest absolute Gasteiger partial charge is 0.416 e. The summed E-state index contributed by atoms with van der Waals surface area (Å²) in [6.07, 6.45) is -4.53. The first-order chi connectivity index (χ1) is 21.7. The quantitative estimate of drug-likeness (QED) is 0.117. The fourth-order valence-corrected chi connectivity index (χ4v) is 5.24. The maximum Gasteiger partial charge on any atom is 0.416 e. The van der Waals surface area contributed by atoms with Crippen molar-refractivity contribution in [3.8, 4) is 5.75 Å². The first-order valence-corrected chi connectivity index (χ1v) is 15.1. The van der Waals surface area contributed by atoms with Crippen molar-refractivity contribution in [1.29, 1.82) is 0 Å². The van der Waals surface area contributed by atoms with E-state index in [9.17, 15) is 18.0 Å². The first kappa shape index (κ1) is 32.2. The van der Waals surface area contributed by atoms with Gasteiger partial charge in [-0.05, 0) is 65.2 Å². The van der Waals surface area contributed by atoms with Crippen LogP contribution in [0.4, 0.5) is 13.2 Å². The van der Waals surface area contributed by atoms with Gasteiger partial charge in [0.05, 0.1) is 12.2 Å². The van der Waals surface area contributed by atoms with Crippen molar-refractivity contribution in [1.82, 2.24) is 10.9 Å². The van der Waals surface area contributed by atoms with Crippen LogP contribution in [0.5, 0.6) is 5.75 Å². The number of amides is 1. The monoisotopic (exact) mass is 681 g/mol. The number of benzene rings is 4. The van der Waals surface area contributed by atoms with E-state index in [4.69, 9.17) is 19.6 Å². The molecule has 1 amide bonds. The predicted octanol–water partition coefficient (Wildman–Crippen LogP) is 6.55. The summed E-state index contributed by atoms with van der Waals surface area (Å²) in [5, 5.41) is 9.02. The number of carbonyl (C=O) groups excluding carboxylic acids is 1. The summed E-state index contributed by atoms with van der Waals surface area (Å²) < 4.78 is 52.0. The van der Waals surface area contributed by atoms with Gasteiger partial charge in [-0.1, -0.05) is 70.5 Å². The standard InChI is InChI=1S/C34H31BrF3N3O4/c35-28-15-9-25(10-16-28)30-33(21-23-5-2-1-3-6-23,32(43)41-39-22-24-7-13-27(14-8-24)34(36,37)38)40-31(45-30)26-11-17-29(18-12-26)44-20-4-19-42/h1-3,5-18,30,39,42H,4,19-22H2,(H,41,43)/t30-,33-/m0/s1. The number of aliphatic hydroxyl groups excluding tert-OH is 1. The number of hydrogen-bond donors (Lipinski definition) is 3. The van der Waals surface area contributed by atoms with E-state index >= 15 is 0 Å². The zero-order chi connectivity index (χ0) is 31.9. The van der Waals surface area contributed by atoms with Gasteiger partial charge in [0.1, 0.15) is 5.75 Å². The van der Waals surface area contributed by atoms with Gasteiger partial charge in [0.15, 0.2) is 11.6 Å². The number of aliphatic imine (C=N–C) groups is 1. The lowest BCUT2D eigenvalue weighted by atomic mass is 9.82. The number of alkyl halides is 3. The van der Waals surface area contributed by atoms with Crippen molar-refractivity contribution in [3.05, 3.63) is 135 Å². The molecule has 2 atom stereocenters. The minimum absolute atomic E-state index is 0.0327. The Hall–Kier alpha value is -4.19. The van der Waals surface area contributed by atoms with Gasteiger partial charge in [0, 0.05) is 36.0 Å². The summed E-state index contributed by atoms with van der Waals surface area (Å²) in [7, 11) is 0. The molecule has 0 radical (unpaired) electrons. The molecule has 0 aromatic heterocycles. The molecule has 0 saturated heterocycles. The molecule has 4 aromatic rings. The SMILES string of the molecule is O=C(NNCc1ccc(C(F)(F)F)cc1)[C@@]1(Cc2ccccc2)N=C(c2ccc(OCCCO)cc2)O[C@H]1c1ccc(Br)cc1. The van der Waals surface area contributed by atoms with Gasteiger partial charge in [-0.3, -0.25) is 10.2 Å². The number of rotatable bonds is 12. The molecule has 0 bridgehead atoms. The number of halogens is 4. The molecule has 3 N–H and O–H groups in total. The van der Waals surface area contributed by atoms with E-state index in [1.807, 2.05) is 54.6 Å². The third-order valence-corrected chi connectivity index (χ3v) is 7.82. The molecule has 0 unspecified atom stereocenters. The van der Waals surface area contributed by atoms with E-state index in [1.165, 1.54) is 12.1 Å². The van der Waals surface area contributed by atoms with Gasteiger partial charge in [0.2, 0.25) is 5.90 Å². The van der Waals surface area contributed by atoms with Crippen molar-refractivity contribution >= 4 is 27.7 Å². The van der Waals surface area contributed by atoms with Crippen molar-refractivity contribution < 1.29 is 32.5 Å². The Morgan fingerprint density at radius 2 is 1.62 bits per heavy atom. The van der Waals surface area contributed by atoms with Gasteiger partial charge in [-0.15, -0.1) is 0 Å². The molecule has 0 spiro atoms. The Morgan fingerprint density at radius 3 is 2.27 bits per heavy atom. The Kier molecular flexibility index (Phi) is 10.2. The number of aliphatic hydroxyl groups is 1. The summed E-state index contributed by atoms with van der Waals surface area (Å²) in [5.41, 5.74) is 6.21. The number of carbonyl (C=O) groups is 1. The Bertz CT molecular complexity index is 1600. The predicted molar refractivity (Wildman–Crippen MR) is 167 cm³/mol. The van der Waals surface area contributed by atoms with E-state index in [-0.39, 0.29) is 25.5 Å². The lowest BCUT2D eigenvalue weighted by molar-refractivity contribution is -0.137. The number of nitrogens with one attached hydrogen (secondary N) is 2. The molecule has 7 nitrogen and oxygen atoms in total. The Labute approximate surface area is 267 Å². The average molecular weight is 683 g/mol. The summed E-state index contributed by atoms with van der Waals surface area (Å²) in [6.45, 7) is 0.493. The minimum atomic E-state index is -4.43. The highest BCUT2D eigenvalue weighted by atomic mass is 79.9. The second-order valence-electron chi connectivity index (χ2n) is 10.5. The third-order valence-electron chi connectivity index (χ3n) is 7.29. The normalized spacial score (nSPS) is 17.8.